The van der Waals surface area contributed by atoms with Crippen LogP contribution in [0.1, 0.15) is 28.0 Å². The third-order valence-corrected chi connectivity index (χ3v) is 4.29. The summed E-state index contributed by atoms with van der Waals surface area (Å²) >= 11 is 0. The minimum atomic E-state index is -0.228. The van der Waals surface area contributed by atoms with Crippen molar-refractivity contribution in [1.29, 1.82) is 0 Å². The van der Waals surface area contributed by atoms with Crippen LogP contribution in [0.3, 0.4) is 0 Å². The maximum Gasteiger partial charge on any atom is 0.256 e. The molecule has 0 saturated carbocycles. The normalized spacial score (nSPS) is 13.3. The van der Waals surface area contributed by atoms with Crippen LogP contribution in [0.25, 0.3) is 16.7 Å². The molecule has 0 unspecified atom stereocenters. The highest BCUT2D eigenvalue weighted by atomic mass is 16.5. The number of hydrogen-bond acceptors (Lipinski definition) is 4. The van der Waals surface area contributed by atoms with E-state index in [0.717, 1.165) is 22.9 Å². The zero-order valence-electron chi connectivity index (χ0n) is 14.3. The predicted molar refractivity (Wildman–Crippen MR) is 101 cm³/mol. The van der Waals surface area contributed by atoms with Crippen molar-refractivity contribution >= 4 is 28.3 Å². The molecule has 0 radical (unpaired) electrons. The van der Waals surface area contributed by atoms with E-state index in [2.05, 4.69) is 10.3 Å². The Balaban J connectivity index is 1.79. The van der Waals surface area contributed by atoms with Gasteiger partial charge in [-0.15, -0.1) is 0 Å². The topological polar surface area (TPSA) is 71.5 Å². The number of phenols is 1. The number of phenolic OH excluding ortho intramolecular Hbond substituents is 1. The monoisotopic (exact) mass is 346 g/mol. The number of anilines is 1. The first kappa shape index (κ1) is 16.1. The standard InChI is InChI=1S/C21H18N2O3/c1-13-4-9-18-16(11-13)17(12-19(23-18)20-3-2-10-26-20)21(25)22-14-5-7-15(24)8-6-14/h3-9,11-12,24H,2,10H2,1H3,(H,22,25). The van der Waals surface area contributed by atoms with Crippen LogP contribution in [0.5, 0.6) is 5.75 Å². The lowest BCUT2D eigenvalue weighted by atomic mass is 10.0. The second kappa shape index (κ2) is 6.52. The Morgan fingerprint density at radius 2 is 1.96 bits per heavy atom. The molecule has 130 valence electrons. The zero-order valence-corrected chi connectivity index (χ0v) is 14.3. The van der Waals surface area contributed by atoms with Crippen LogP contribution >= 0.6 is 0 Å². The van der Waals surface area contributed by atoms with E-state index in [4.69, 9.17) is 4.74 Å². The molecule has 5 nitrogen and oxygen atoms in total. The van der Waals surface area contributed by atoms with Gasteiger partial charge in [0.2, 0.25) is 0 Å². The average Bonchev–Trinajstić information content (AvgIpc) is 3.17. The molecule has 0 bridgehead atoms. The molecule has 0 atom stereocenters. The third kappa shape index (κ3) is 3.11. The van der Waals surface area contributed by atoms with Crippen LogP contribution in [0.4, 0.5) is 5.69 Å². The van der Waals surface area contributed by atoms with Crippen molar-refractivity contribution in [2.75, 3.05) is 11.9 Å². The van der Waals surface area contributed by atoms with E-state index in [0.29, 0.717) is 29.3 Å². The summed E-state index contributed by atoms with van der Waals surface area (Å²) in [5.74, 6) is 0.639. The van der Waals surface area contributed by atoms with E-state index in [1.54, 1.807) is 18.2 Å². The van der Waals surface area contributed by atoms with Gasteiger partial charge in [-0.3, -0.25) is 4.79 Å². The van der Waals surface area contributed by atoms with Crippen molar-refractivity contribution in [3.63, 3.8) is 0 Å². The molecule has 4 rings (SSSR count). The maximum atomic E-state index is 12.9. The molecule has 1 aliphatic heterocycles. The molecular formula is C21H18N2O3. The summed E-state index contributed by atoms with van der Waals surface area (Å²) in [7, 11) is 0. The average molecular weight is 346 g/mol. The number of carbonyl (C=O) groups excluding carboxylic acids is 1. The van der Waals surface area contributed by atoms with E-state index < -0.39 is 0 Å². The first-order chi connectivity index (χ1) is 12.6. The van der Waals surface area contributed by atoms with Crippen LogP contribution in [-0.2, 0) is 4.74 Å². The number of carbonyl (C=O) groups is 1. The number of rotatable bonds is 3. The number of amides is 1. The van der Waals surface area contributed by atoms with Crippen molar-refractivity contribution in [2.45, 2.75) is 13.3 Å². The third-order valence-electron chi connectivity index (χ3n) is 4.29. The number of aryl methyl sites for hydroxylation is 1. The molecule has 1 amide bonds. The molecule has 26 heavy (non-hydrogen) atoms. The van der Waals surface area contributed by atoms with E-state index >= 15 is 0 Å². The fourth-order valence-corrected chi connectivity index (χ4v) is 2.99. The van der Waals surface area contributed by atoms with Crippen LogP contribution in [0.15, 0.2) is 54.6 Å². The van der Waals surface area contributed by atoms with Gasteiger partial charge in [-0.05, 0) is 55.5 Å². The van der Waals surface area contributed by atoms with Crippen LogP contribution in [-0.4, -0.2) is 22.6 Å². The summed E-state index contributed by atoms with van der Waals surface area (Å²) in [5, 5.41) is 13.1. The molecule has 3 aromatic rings. The summed E-state index contributed by atoms with van der Waals surface area (Å²) in [5.41, 5.74) is 3.62. The second-order valence-corrected chi connectivity index (χ2v) is 6.28. The maximum absolute atomic E-state index is 12.9. The lowest BCUT2D eigenvalue weighted by molar-refractivity contribution is 0.102. The van der Waals surface area contributed by atoms with Gasteiger partial charge in [0.1, 0.15) is 17.2 Å². The second-order valence-electron chi connectivity index (χ2n) is 6.28. The Kier molecular flexibility index (Phi) is 4.05. The predicted octanol–water partition coefficient (Wildman–Crippen LogP) is 4.26. The fraction of sp³-hybridized carbons (Fsp3) is 0.143. The van der Waals surface area contributed by atoms with Gasteiger partial charge in [-0.1, -0.05) is 11.6 Å². The highest BCUT2D eigenvalue weighted by Gasteiger charge is 2.17. The first-order valence-electron chi connectivity index (χ1n) is 8.45. The number of nitrogens with one attached hydrogen (secondary N) is 1. The van der Waals surface area contributed by atoms with Gasteiger partial charge in [0.05, 0.1) is 17.7 Å². The Hall–Kier alpha value is -3.34. The molecule has 0 saturated heterocycles. The summed E-state index contributed by atoms with van der Waals surface area (Å²) in [6, 6.07) is 14.0. The van der Waals surface area contributed by atoms with Gasteiger partial charge in [0, 0.05) is 17.5 Å². The molecule has 1 aromatic heterocycles. The zero-order chi connectivity index (χ0) is 18.1. The number of aromatic hydroxyl groups is 1. The van der Waals surface area contributed by atoms with E-state index in [1.165, 1.54) is 12.1 Å². The Labute approximate surface area is 151 Å². The van der Waals surface area contributed by atoms with Gasteiger partial charge >= 0.3 is 0 Å². The Morgan fingerprint density at radius 3 is 2.69 bits per heavy atom. The summed E-state index contributed by atoms with van der Waals surface area (Å²) in [4.78, 5) is 17.6. The minimum Gasteiger partial charge on any atom is -0.508 e. The lowest BCUT2D eigenvalue weighted by Crippen LogP contribution is -2.13. The Bertz CT molecular complexity index is 1020. The number of ether oxygens (including phenoxy) is 1. The summed E-state index contributed by atoms with van der Waals surface area (Å²) < 4.78 is 5.62. The number of benzene rings is 2. The molecule has 2 N–H and O–H groups in total. The van der Waals surface area contributed by atoms with E-state index in [1.807, 2.05) is 31.2 Å². The molecule has 0 aliphatic carbocycles. The number of fused-ring (bicyclic) bond motifs is 1. The molecular weight excluding hydrogens is 328 g/mol. The lowest BCUT2D eigenvalue weighted by Gasteiger charge is -2.12. The molecule has 2 heterocycles. The van der Waals surface area contributed by atoms with Crippen molar-refractivity contribution < 1.29 is 14.6 Å². The van der Waals surface area contributed by atoms with Crippen LogP contribution in [0, 0.1) is 6.92 Å². The molecule has 5 heteroatoms. The Morgan fingerprint density at radius 1 is 1.15 bits per heavy atom. The highest BCUT2D eigenvalue weighted by Crippen LogP contribution is 2.27. The molecule has 0 spiro atoms. The quantitative estimate of drug-likeness (QED) is 0.695. The molecule has 1 aliphatic rings. The largest absolute Gasteiger partial charge is 0.508 e. The fourth-order valence-electron chi connectivity index (χ4n) is 2.99. The first-order valence-corrected chi connectivity index (χ1v) is 8.45. The van der Waals surface area contributed by atoms with Crippen molar-refractivity contribution in [1.82, 2.24) is 4.98 Å². The van der Waals surface area contributed by atoms with Gasteiger partial charge in [-0.25, -0.2) is 4.98 Å². The van der Waals surface area contributed by atoms with Crippen molar-refractivity contribution in [3.05, 3.63) is 71.4 Å². The summed E-state index contributed by atoms with van der Waals surface area (Å²) in [6.45, 7) is 2.62. The minimum absolute atomic E-state index is 0.153. The van der Waals surface area contributed by atoms with E-state index in [9.17, 15) is 9.90 Å². The van der Waals surface area contributed by atoms with Crippen LogP contribution < -0.4 is 5.32 Å². The smallest absolute Gasteiger partial charge is 0.256 e. The van der Waals surface area contributed by atoms with Gasteiger partial charge < -0.3 is 15.2 Å². The molecule has 2 aromatic carbocycles. The van der Waals surface area contributed by atoms with Crippen LogP contribution in [0.2, 0.25) is 0 Å². The molecule has 0 fully saturated rings. The summed E-state index contributed by atoms with van der Waals surface area (Å²) in [6.07, 6.45) is 2.84. The van der Waals surface area contributed by atoms with Gasteiger partial charge in [0.25, 0.3) is 5.91 Å². The van der Waals surface area contributed by atoms with E-state index in [-0.39, 0.29) is 11.7 Å². The van der Waals surface area contributed by atoms with Gasteiger partial charge in [0.15, 0.2) is 0 Å². The van der Waals surface area contributed by atoms with Gasteiger partial charge in [-0.2, -0.15) is 0 Å². The number of hydrogen-bond donors (Lipinski definition) is 2. The highest BCUT2D eigenvalue weighted by molar-refractivity contribution is 6.12. The number of pyridine rings is 1. The number of nitrogens with zero attached hydrogens (tertiary/aromatic N) is 1. The number of aromatic nitrogens is 1. The SMILES string of the molecule is Cc1ccc2nc(C3=CCCO3)cc(C(=O)Nc3ccc(O)cc3)c2c1. The van der Waals surface area contributed by atoms with Crippen molar-refractivity contribution in [2.24, 2.45) is 0 Å². The van der Waals surface area contributed by atoms with Crippen molar-refractivity contribution in [3.8, 4) is 5.75 Å².